The molecule has 120 valence electrons. The summed E-state index contributed by atoms with van der Waals surface area (Å²) in [5.41, 5.74) is 0.395. The van der Waals surface area contributed by atoms with Gasteiger partial charge in [-0.1, -0.05) is 6.07 Å². The van der Waals surface area contributed by atoms with E-state index in [9.17, 15) is 14.4 Å². The Balaban J connectivity index is 2.01. The van der Waals surface area contributed by atoms with Crippen LogP contribution in [0.5, 0.6) is 0 Å². The average Bonchev–Trinajstić information content (AvgIpc) is 3.16. The summed E-state index contributed by atoms with van der Waals surface area (Å²) >= 11 is 6.91. The third kappa shape index (κ3) is 2.43. The van der Waals surface area contributed by atoms with Crippen molar-refractivity contribution >= 4 is 46.4 Å². The number of carbonyl (C=O) groups excluding carboxylic acids is 3. The van der Waals surface area contributed by atoms with Gasteiger partial charge in [-0.25, -0.2) is 0 Å². The Kier molecular flexibility index (Phi) is 3.73. The molecule has 0 atom stereocenters. The molecule has 3 heterocycles. The Labute approximate surface area is 140 Å². The summed E-state index contributed by atoms with van der Waals surface area (Å²) in [6.07, 6.45) is 0.519. The smallest absolute Gasteiger partial charge is 0.314 e. The average molecular weight is 353 g/mol. The van der Waals surface area contributed by atoms with Crippen molar-refractivity contribution in [2.75, 3.05) is 5.32 Å². The molecule has 1 aliphatic rings. The molecule has 0 saturated carbocycles. The van der Waals surface area contributed by atoms with E-state index in [4.69, 9.17) is 11.6 Å². The molecule has 0 spiro atoms. The second-order valence-corrected chi connectivity index (χ2v) is 6.83. The zero-order valence-electron chi connectivity index (χ0n) is 12.4. The first-order chi connectivity index (χ1) is 10.9. The molecule has 0 aliphatic carbocycles. The normalized spacial score (nSPS) is 15.3. The Morgan fingerprint density at radius 1 is 1.48 bits per heavy atom. The molecule has 2 aromatic heterocycles. The van der Waals surface area contributed by atoms with Gasteiger partial charge in [-0.15, -0.1) is 11.3 Å². The highest BCUT2D eigenvalue weighted by atomic mass is 35.5. The fourth-order valence-electron chi connectivity index (χ4n) is 2.66. The van der Waals surface area contributed by atoms with E-state index in [0.717, 1.165) is 4.68 Å². The van der Waals surface area contributed by atoms with Gasteiger partial charge in [0.05, 0.1) is 22.7 Å². The van der Waals surface area contributed by atoms with E-state index < -0.39 is 10.9 Å². The Hall–Kier alpha value is -2.19. The van der Waals surface area contributed by atoms with Crippen LogP contribution in [0.3, 0.4) is 0 Å². The van der Waals surface area contributed by atoms with Crippen LogP contribution in [-0.2, 0) is 16.9 Å². The summed E-state index contributed by atoms with van der Waals surface area (Å²) in [6.45, 7) is 3.75. The van der Waals surface area contributed by atoms with Gasteiger partial charge in [0.2, 0.25) is 6.41 Å². The molecule has 0 saturated heterocycles. The summed E-state index contributed by atoms with van der Waals surface area (Å²) in [5.74, 6) is -0.0684. The molecule has 23 heavy (non-hydrogen) atoms. The van der Waals surface area contributed by atoms with Gasteiger partial charge in [0.25, 0.3) is 5.91 Å². The van der Waals surface area contributed by atoms with E-state index >= 15 is 0 Å². The molecule has 2 aromatic rings. The number of amides is 2. The fourth-order valence-corrected chi connectivity index (χ4v) is 3.55. The van der Waals surface area contributed by atoms with Crippen molar-refractivity contribution in [3.63, 3.8) is 0 Å². The SMILES string of the molecule is CC1(C)c2nn(C=O)c(NC(=O)c3cccs3)c2CN1C(=O)Cl. The maximum atomic E-state index is 12.3. The van der Waals surface area contributed by atoms with Crippen molar-refractivity contribution < 1.29 is 14.4 Å². The lowest BCUT2D eigenvalue weighted by molar-refractivity contribution is 0.102. The molecule has 1 aliphatic heterocycles. The first-order valence-electron chi connectivity index (χ1n) is 6.75. The number of rotatable bonds is 3. The quantitative estimate of drug-likeness (QED) is 0.523. The molecular weight excluding hydrogens is 340 g/mol. The van der Waals surface area contributed by atoms with Gasteiger partial charge in [-0.05, 0) is 36.9 Å². The number of nitrogens with one attached hydrogen (secondary N) is 1. The molecule has 0 bridgehead atoms. The maximum Gasteiger partial charge on any atom is 0.317 e. The van der Waals surface area contributed by atoms with Gasteiger partial charge >= 0.3 is 5.37 Å². The summed E-state index contributed by atoms with van der Waals surface area (Å²) < 4.78 is 1.08. The molecule has 1 N–H and O–H groups in total. The van der Waals surface area contributed by atoms with Crippen LogP contribution in [0.1, 0.15) is 34.8 Å². The first-order valence-corrected chi connectivity index (χ1v) is 8.01. The van der Waals surface area contributed by atoms with Crippen LogP contribution >= 0.6 is 22.9 Å². The molecule has 0 radical (unpaired) electrons. The Morgan fingerprint density at radius 3 is 2.78 bits per heavy atom. The Morgan fingerprint density at radius 2 is 2.22 bits per heavy atom. The number of anilines is 1. The van der Waals surface area contributed by atoms with Crippen LogP contribution in [0.2, 0.25) is 0 Å². The molecule has 0 fully saturated rings. The number of halogens is 1. The lowest BCUT2D eigenvalue weighted by Crippen LogP contribution is -2.38. The van der Waals surface area contributed by atoms with Crippen molar-refractivity contribution in [3.05, 3.63) is 33.6 Å². The molecule has 7 nitrogen and oxygen atoms in total. The van der Waals surface area contributed by atoms with Crippen molar-refractivity contribution in [3.8, 4) is 0 Å². The number of aromatic nitrogens is 2. The number of hydrogen-bond acceptors (Lipinski definition) is 5. The van der Waals surface area contributed by atoms with E-state index in [0.29, 0.717) is 22.5 Å². The lowest BCUT2D eigenvalue weighted by atomic mass is 10.0. The maximum absolute atomic E-state index is 12.3. The van der Waals surface area contributed by atoms with Gasteiger partial charge in [-0.3, -0.25) is 14.4 Å². The van der Waals surface area contributed by atoms with E-state index in [1.165, 1.54) is 16.2 Å². The number of nitrogens with zero attached hydrogens (tertiary/aromatic N) is 3. The van der Waals surface area contributed by atoms with Gasteiger partial charge < -0.3 is 10.2 Å². The highest BCUT2D eigenvalue weighted by Gasteiger charge is 2.44. The molecule has 9 heteroatoms. The van der Waals surface area contributed by atoms with Crippen LogP contribution in [-0.4, -0.2) is 32.4 Å². The zero-order valence-corrected chi connectivity index (χ0v) is 13.9. The first kappa shape index (κ1) is 15.7. The molecule has 2 amide bonds. The minimum Gasteiger partial charge on any atom is -0.314 e. The molecule has 0 aromatic carbocycles. The highest BCUT2D eigenvalue weighted by Crippen LogP contribution is 2.42. The standard InChI is InChI=1S/C14H13ClN4O3S/c1-14(2)10-8(6-18(14)13(15)22)11(19(7-20)17-10)16-12(21)9-4-3-5-23-9/h3-5,7H,6H2,1-2H3,(H,16,21). The summed E-state index contributed by atoms with van der Waals surface area (Å²) in [4.78, 5) is 37.1. The van der Waals surface area contributed by atoms with Gasteiger partial charge in [-0.2, -0.15) is 9.78 Å². The predicted octanol–water partition coefficient (Wildman–Crippen LogP) is 2.64. The second-order valence-electron chi connectivity index (χ2n) is 5.56. The molecule has 0 unspecified atom stereocenters. The minimum atomic E-state index is -0.759. The highest BCUT2D eigenvalue weighted by molar-refractivity contribution is 7.12. The van der Waals surface area contributed by atoms with E-state index in [1.54, 1.807) is 31.4 Å². The lowest BCUT2D eigenvalue weighted by Gasteiger charge is -2.29. The van der Waals surface area contributed by atoms with E-state index in [-0.39, 0.29) is 18.3 Å². The molecule has 3 rings (SSSR count). The van der Waals surface area contributed by atoms with Gasteiger partial charge in [0.15, 0.2) is 0 Å². The topological polar surface area (TPSA) is 84.3 Å². The summed E-state index contributed by atoms with van der Waals surface area (Å²) in [7, 11) is 0. The zero-order chi connectivity index (χ0) is 16.8. The van der Waals surface area contributed by atoms with E-state index in [1.807, 2.05) is 0 Å². The number of fused-ring (bicyclic) bond motifs is 1. The van der Waals surface area contributed by atoms with Crippen LogP contribution in [0.4, 0.5) is 10.6 Å². The fraction of sp³-hybridized carbons (Fsp3) is 0.286. The molecular formula is C14H13ClN4O3S. The van der Waals surface area contributed by atoms with Crippen molar-refractivity contribution in [1.29, 1.82) is 0 Å². The van der Waals surface area contributed by atoms with Gasteiger partial charge in [0.1, 0.15) is 5.82 Å². The second kappa shape index (κ2) is 5.47. The summed E-state index contributed by atoms with van der Waals surface area (Å²) in [5, 5.41) is 8.09. The van der Waals surface area contributed by atoms with Crippen LogP contribution in [0.25, 0.3) is 0 Å². The monoisotopic (exact) mass is 352 g/mol. The van der Waals surface area contributed by atoms with Crippen molar-refractivity contribution in [1.82, 2.24) is 14.7 Å². The minimum absolute atomic E-state index is 0.179. The Bertz CT molecular complexity index is 797. The van der Waals surface area contributed by atoms with Crippen LogP contribution < -0.4 is 5.32 Å². The van der Waals surface area contributed by atoms with E-state index in [2.05, 4.69) is 10.4 Å². The van der Waals surface area contributed by atoms with Crippen LogP contribution in [0.15, 0.2) is 17.5 Å². The number of thiophene rings is 1. The van der Waals surface area contributed by atoms with Crippen LogP contribution in [0, 0.1) is 0 Å². The summed E-state index contributed by atoms with van der Waals surface area (Å²) in [6, 6.07) is 3.44. The van der Waals surface area contributed by atoms with Gasteiger partial charge in [0, 0.05) is 5.56 Å². The third-order valence-corrected chi connectivity index (χ3v) is 4.94. The number of carbonyl (C=O) groups is 3. The van der Waals surface area contributed by atoms with Crippen molar-refractivity contribution in [2.24, 2.45) is 0 Å². The predicted molar refractivity (Wildman–Crippen MR) is 86.5 cm³/mol. The van der Waals surface area contributed by atoms with Crippen molar-refractivity contribution in [2.45, 2.75) is 25.9 Å². The number of hydrogen-bond donors (Lipinski definition) is 1. The third-order valence-electron chi connectivity index (χ3n) is 3.87. The largest absolute Gasteiger partial charge is 0.317 e.